The summed E-state index contributed by atoms with van der Waals surface area (Å²) in [5.41, 5.74) is 1.72. The minimum absolute atomic E-state index is 0.0219. The monoisotopic (exact) mass is 524 g/mol. The van der Waals surface area contributed by atoms with E-state index in [9.17, 15) is 14.7 Å². The van der Waals surface area contributed by atoms with Crippen molar-refractivity contribution in [2.24, 2.45) is 10.9 Å². The molecule has 0 bridgehead atoms. The second-order valence-electron chi connectivity index (χ2n) is 9.23. The molecule has 0 unspecified atom stereocenters. The molecule has 3 aliphatic rings. The number of aromatic hydroxyl groups is 1. The Morgan fingerprint density at radius 2 is 1.87 bits per heavy atom. The highest BCUT2D eigenvalue weighted by molar-refractivity contribution is 6.08. The van der Waals surface area contributed by atoms with E-state index in [1.807, 2.05) is 30.0 Å². The predicted molar refractivity (Wildman–Crippen MR) is 137 cm³/mol. The summed E-state index contributed by atoms with van der Waals surface area (Å²) in [4.78, 5) is 35.1. The maximum absolute atomic E-state index is 13.2. The molecular formula is C27H32N4O7. The molecule has 0 radical (unpaired) electrons. The van der Waals surface area contributed by atoms with E-state index in [1.54, 1.807) is 19.1 Å². The summed E-state index contributed by atoms with van der Waals surface area (Å²) in [5, 5.41) is 13.0. The summed E-state index contributed by atoms with van der Waals surface area (Å²) in [6.45, 7) is 7.87. The maximum atomic E-state index is 13.2. The first-order chi connectivity index (χ1) is 18.5. The molecule has 0 aliphatic carbocycles. The Kier molecular flexibility index (Phi) is 7.54. The molecule has 1 amide bonds. The topological polar surface area (TPSA) is 122 Å². The van der Waals surface area contributed by atoms with Gasteiger partial charge in [-0.1, -0.05) is 12.1 Å². The first kappa shape index (κ1) is 25.7. The number of carbonyl (C=O) groups excluding carboxylic acids is 2. The third kappa shape index (κ3) is 5.33. The Balaban J connectivity index is 1.32. The van der Waals surface area contributed by atoms with Crippen molar-refractivity contribution < 1.29 is 33.6 Å². The second-order valence-corrected chi connectivity index (χ2v) is 9.23. The quantitative estimate of drug-likeness (QED) is 0.414. The van der Waals surface area contributed by atoms with E-state index in [2.05, 4.69) is 10.2 Å². The number of esters is 1. The number of nitrogens with zero attached hydrogens (tertiary/aromatic N) is 3. The minimum Gasteiger partial charge on any atom is -0.504 e. The van der Waals surface area contributed by atoms with Crippen LogP contribution < -0.4 is 19.5 Å². The highest BCUT2D eigenvalue weighted by atomic mass is 16.7. The van der Waals surface area contributed by atoms with Crippen molar-refractivity contribution in [2.75, 3.05) is 46.2 Å². The Morgan fingerprint density at radius 1 is 1.08 bits per heavy atom. The first-order valence-corrected chi connectivity index (χ1v) is 12.8. The SMILES string of the molecule is CCOC(=O)[C@@H]1C(=O)NC(N2CCN(Cc3ccc4c(c3)OCO4)CC2)=N[C@H]1c1ccc(O)c(OCC)c1. The van der Waals surface area contributed by atoms with Crippen molar-refractivity contribution in [3.05, 3.63) is 47.5 Å². The summed E-state index contributed by atoms with van der Waals surface area (Å²) in [6, 6.07) is 9.92. The van der Waals surface area contributed by atoms with Gasteiger partial charge in [-0.2, -0.15) is 0 Å². The molecule has 3 aliphatic heterocycles. The molecule has 0 saturated carbocycles. The largest absolute Gasteiger partial charge is 0.504 e. The molecule has 2 aromatic carbocycles. The Bertz CT molecular complexity index is 1230. The normalized spacial score (nSPS) is 21.1. The molecule has 1 saturated heterocycles. The van der Waals surface area contributed by atoms with Crippen molar-refractivity contribution in [2.45, 2.75) is 26.4 Å². The lowest BCUT2D eigenvalue weighted by Gasteiger charge is -2.39. The summed E-state index contributed by atoms with van der Waals surface area (Å²) < 4.78 is 21.6. The number of phenols is 1. The molecule has 2 N–H and O–H groups in total. The van der Waals surface area contributed by atoms with Crippen LogP contribution >= 0.6 is 0 Å². The zero-order chi connectivity index (χ0) is 26.6. The van der Waals surface area contributed by atoms with Crippen LogP contribution in [0.1, 0.15) is 31.0 Å². The van der Waals surface area contributed by atoms with Gasteiger partial charge in [-0.05, 0) is 49.2 Å². The second kappa shape index (κ2) is 11.2. The lowest BCUT2D eigenvalue weighted by molar-refractivity contribution is -0.153. The molecule has 3 heterocycles. The predicted octanol–water partition coefficient (Wildman–Crippen LogP) is 2.04. The standard InChI is InChI=1S/C27H32N4O7/c1-3-35-21-14-18(6-7-19(21)32)24-23(26(34)36-4-2)25(33)29-27(28-24)31-11-9-30(10-12-31)15-17-5-8-20-22(13-17)38-16-37-20/h5-8,13-14,23-24,32H,3-4,9-12,15-16H2,1-2H3,(H,28,29,33)/t23-,24-/m0/s1. The van der Waals surface area contributed by atoms with Crippen molar-refractivity contribution >= 4 is 17.8 Å². The fraction of sp³-hybridized carbons (Fsp3) is 0.444. The Labute approximate surface area is 220 Å². The van der Waals surface area contributed by atoms with Gasteiger partial charge in [-0.15, -0.1) is 0 Å². The zero-order valence-corrected chi connectivity index (χ0v) is 21.5. The van der Waals surface area contributed by atoms with Crippen LogP contribution in [0.2, 0.25) is 0 Å². The molecule has 1 fully saturated rings. The third-order valence-electron chi connectivity index (χ3n) is 6.78. The summed E-state index contributed by atoms with van der Waals surface area (Å²) >= 11 is 0. The summed E-state index contributed by atoms with van der Waals surface area (Å²) in [7, 11) is 0. The maximum Gasteiger partial charge on any atom is 0.321 e. The molecule has 0 spiro atoms. The van der Waals surface area contributed by atoms with Gasteiger partial charge in [-0.3, -0.25) is 19.8 Å². The Morgan fingerprint density at radius 3 is 2.63 bits per heavy atom. The lowest BCUT2D eigenvalue weighted by atomic mass is 9.91. The number of aliphatic imine (C=N–C) groups is 1. The van der Waals surface area contributed by atoms with Gasteiger partial charge in [-0.25, -0.2) is 4.99 Å². The molecule has 0 aromatic heterocycles. The number of benzene rings is 2. The number of rotatable bonds is 7. The van der Waals surface area contributed by atoms with E-state index >= 15 is 0 Å². The van der Waals surface area contributed by atoms with Crippen LogP contribution in [0.25, 0.3) is 0 Å². The first-order valence-electron chi connectivity index (χ1n) is 12.8. The molecule has 202 valence electrons. The van der Waals surface area contributed by atoms with Crippen molar-refractivity contribution in [1.29, 1.82) is 0 Å². The highest BCUT2D eigenvalue weighted by Crippen LogP contribution is 2.36. The van der Waals surface area contributed by atoms with Crippen LogP contribution in [0, 0.1) is 5.92 Å². The van der Waals surface area contributed by atoms with Gasteiger partial charge in [0.2, 0.25) is 18.7 Å². The number of fused-ring (bicyclic) bond motifs is 1. The van der Waals surface area contributed by atoms with E-state index in [4.69, 9.17) is 23.9 Å². The van der Waals surface area contributed by atoms with E-state index in [1.165, 1.54) is 6.07 Å². The molecule has 2 atom stereocenters. The summed E-state index contributed by atoms with van der Waals surface area (Å²) in [6.07, 6.45) is 0. The number of piperazine rings is 1. The van der Waals surface area contributed by atoms with Gasteiger partial charge in [0, 0.05) is 32.7 Å². The number of guanidine groups is 1. The molecule has 11 nitrogen and oxygen atoms in total. The van der Waals surface area contributed by atoms with Crippen LogP contribution in [-0.2, 0) is 20.9 Å². The van der Waals surface area contributed by atoms with Crippen LogP contribution in [0.15, 0.2) is 41.4 Å². The average Bonchev–Trinajstić information content (AvgIpc) is 3.38. The van der Waals surface area contributed by atoms with Crippen molar-refractivity contribution in [3.8, 4) is 23.0 Å². The fourth-order valence-corrected chi connectivity index (χ4v) is 4.87. The molecule has 38 heavy (non-hydrogen) atoms. The van der Waals surface area contributed by atoms with Gasteiger partial charge in [0.1, 0.15) is 6.04 Å². The van der Waals surface area contributed by atoms with Gasteiger partial charge >= 0.3 is 5.97 Å². The van der Waals surface area contributed by atoms with E-state index in [0.717, 1.165) is 36.7 Å². The number of hydrogen-bond donors (Lipinski definition) is 2. The van der Waals surface area contributed by atoms with Crippen molar-refractivity contribution in [3.63, 3.8) is 0 Å². The molecule has 5 rings (SSSR count). The van der Waals surface area contributed by atoms with Crippen LogP contribution in [0.4, 0.5) is 0 Å². The smallest absolute Gasteiger partial charge is 0.321 e. The highest BCUT2D eigenvalue weighted by Gasteiger charge is 2.42. The van der Waals surface area contributed by atoms with Crippen LogP contribution in [-0.4, -0.2) is 78.9 Å². The van der Waals surface area contributed by atoms with Gasteiger partial charge in [0.25, 0.3) is 0 Å². The zero-order valence-electron chi connectivity index (χ0n) is 21.5. The van der Waals surface area contributed by atoms with Crippen molar-refractivity contribution in [1.82, 2.24) is 15.1 Å². The number of nitrogens with one attached hydrogen (secondary N) is 1. The number of phenolic OH excluding ortho intramolecular Hbond substituents is 1. The Hall–Kier alpha value is -3.99. The number of carbonyl (C=O) groups is 2. The van der Waals surface area contributed by atoms with E-state index < -0.39 is 23.8 Å². The number of hydrogen-bond acceptors (Lipinski definition) is 10. The van der Waals surface area contributed by atoms with Crippen LogP contribution in [0.5, 0.6) is 23.0 Å². The number of amides is 1. The van der Waals surface area contributed by atoms with E-state index in [0.29, 0.717) is 31.2 Å². The average molecular weight is 525 g/mol. The molecule has 11 heteroatoms. The lowest BCUT2D eigenvalue weighted by Crippen LogP contribution is -2.57. The number of ether oxygens (including phenoxy) is 4. The fourth-order valence-electron chi connectivity index (χ4n) is 4.87. The molecule has 2 aromatic rings. The summed E-state index contributed by atoms with van der Waals surface area (Å²) in [5.74, 6) is -0.0468. The molecular weight excluding hydrogens is 492 g/mol. The minimum atomic E-state index is -1.15. The van der Waals surface area contributed by atoms with Gasteiger partial charge < -0.3 is 29.0 Å². The van der Waals surface area contributed by atoms with E-state index in [-0.39, 0.29) is 24.9 Å². The van der Waals surface area contributed by atoms with Crippen LogP contribution in [0.3, 0.4) is 0 Å². The van der Waals surface area contributed by atoms with Gasteiger partial charge in [0.05, 0.1) is 13.2 Å². The van der Waals surface area contributed by atoms with Gasteiger partial charge in [0.15, 0.2) is 28.9 Å². The third-order valence-corrected chi connectivity index (χ3v) is 6.78.